The van der Waals surface area contributed by atoms with E-state index in [4.69, 9.17) is 4.55 Å². The van der Waals surface area contributed by atoms with Gasteiger partial charge in [0.15, 0.2) is 0 Å². The van der Waals surface area contributed by atoms with Crippen LogP contribution in [0, 0.1) is 4.91 Å². The third-order valence-electron chi connectivity index (χ3n) is 1.71. The van der Waals surface area contributed by atoms with Crippen molar-refractivity contribution in [3.63, 3.8) is 0 Å². The van der Waals surface area contributed by atoms with Crippen molar-refractivity contribution in [1.82, 2.24) is 0 Å². The van der Waals surface area contributed by atoms with E-state index in [1.54, 1.807) is 30.3 Å². The molecule has 1 rings (SSSR count). The Kier molecular flexibility index (Phi) is 3.75. The average Bonchev–Trinajstić information content (AvgIpc) is 2.19. The molecule has 0 atom stereocenters. The van der Waals surface area contributed by atoms with Crippen LogP contribution in [0.3, 0.4) is 0 Å². The second-order valence-electron chi connectivity index (χ2n) is 2.83. The summed E-state index contributed by atoms with van der Waals surface area (Å²) in [6, 6.07) is 8.38. The standard InChI is InChI=1S/C8H10N2O4S/c11-9-10(6-7-15(12,13)14)8-4-2-1-3-5-8/h1-5H,6-7H2,(H,12,13,14). The van der Waals surface area contributed by atoms with E-state index in [-0.39, 0.29) is 6.54 Å². The van der Waals surface area contributed by atoms with Gasteiger partial charge in [-0.2, -0.15) is 8.42 Å². The monoisotopic (exact) mass is 230 g/mol. The van der Waals surface area contributed by atoms with Crippen molar-refractivity contribution in [2.24, 2.45) is 5.29 Å². The summed E-state index contributed by atoms with van der Waals surface area (Å²) in [7, 11) is -4.08. The molecule has 0 radical (unpaired) electrons. The van der Waals surface area contributed by atoms with Gasteiger partial charge in [0.1, 0.15) is 0 Å². The van der Waals surface area contributed by atoms with Crippen LogP contribution in [0.15, 0.2) is 35.6 Å². The highest BCUT2D eigenvalue weighted by molar-refractivity contribution is 7.85. The summed E-state index contributed by atoms with van der Waals surface area (Å²) in [6.07, 6.45) is 0. The fourth-order valence-electron chi connectivity index (χ4n) is 1.02. The predicted molar refractivity (Wildman–Crippen MR) is 56.0 cm³/mol. The molecular weight excluding hydrogens is 220 g/mol. The third-order valence-corrected chi connectivity index (χ3v) is 2.41. The molecule has 0 saturated heterocycles. The van der Waals surface area contributed by atoms with Crippen LogP contribution in [-0.4, -0.2) is 25.3 Å². The number of hydrogen-bond acceptors (Lipinski definition) is 4. The van der Waals surface area contributed by atoms with Gasteiger partial charge in [0, 0.05) is 0 Å². The zero-order valence-electron chi connectivity index (χ0n) is 7.78. The number of anilines is 1. The fourth-order valence-corrected chi connectivity index (χ4v) is 1.42. The van der Waals surface area contributed by atoms with Crippen molar-refractivity contribution in [2.45, 2.75) is 0 Å². The summed E-state index contributed by atoms with van der Waals surface area (Å²) in [6.45, 7) is -0.174. The molecule has 0 amide bonds. The number of hydrogen-bond donors (Lipinski definition) is 1. The Balaban J connectivity index is 2.70. The first-order valence-corrected chi connectivity index (χ1v) is 5.75. The first-order valence-electron chi connectivity index (χ1n) is 4.14. The first kappa shape index (κ1) is 11.6. The highest BCUT2D eigenvalue weighted by atomic mass is 32.2. The van der Waals surface area contributed by atoms with Gasteiger partial charge in [0.25, 0.3) is 10.1 Å². The lowest BCUT2D eigenvalue weighted by atomic mass is 10.3. The Morgan fingerprint density at radius 3 is 2.33 bits per heavy atom. The van der Waals surface area contributed by atoms with Crippen LogP contribution in [-0.2, 0) is 10.1 Å². The molecule has 0 aliphatic heterocycles. The number of nitrogens with zero attached hydrogens (tertiary/aromatic N) is 2. The first-order chi connectivity index (χ1) is 7.03. The molecule has 0 aliphatic carbocycles. The van der Waals surface area contributed by atoms with E-state index in [1.165, 1.54) is 0 Å². The minimum absolute atomic E-state index is 0.174. The van der Waals surface area contributed by atoms with E-state index < -0.39 is 15.9 Å². The zero-order chi connectivity index (χ0) is 11.3. The molecule has 1 N–H and O–H groups in total. The second-order valence-corrected chi connectivity index (χ2v) is 4.40. The van der Waals surface area contributed by atoms with Crippen LogP contribution in [0.25, 0.3) is 0 Å². The fraction of sp³-hybridized carbons (Fsp3) is 0.250. The Labute approximate surface area is 87.2 Å². The van der Waals surface area contributed by atoms with Crippen LogP contribution in [0.4, 0.5) is 5.69 Å². The largest absolute Gasteiger partial charge is 0.285 e. The summed E-state index contributed by atoms with van der Waals surface area (Å²) in [5, 5.41) is 3.64. The van der Waals surface area contributed by atoms with Crippen molar-refractivity contribution in [3.8, 4) is 0 Å². The van der Waals surface area contributed by atoms with Crippen molar-refractivity contribution in [3.05, 3.63) is 35.2 Å². The molecule has 0 aliphatic rings. The molecule has 0 saturated carbocycles. The topological polar surface area (TPSA) is 87.0 Å². The van der Waals surface area contributed by atoms with Gasteiger partial charge < -0.3 is 0 Å². The molecule has 82 valence electrons. The summed E-state index contributed by atoms with van der Waals surface area (Å²) in [5.41, 5.74) is 0.483. The van der Waals surface area contributed by atoms with E-state index >= 15 is 0 Å². The van der Waals surface area contributed by atoms with Gasteiger partial charge in [-0.1, -0.05) is 18.2 Å². The van der Waals surface area contributed by atoms with E-state index in [1.807, 2.05) is 0 Å². The van der Waals surface area contributed by atoms with Crippen molar-refractivity contribution in [1.29, 1.82) is 0 Å². The number of benzene rings is 1. The highest BCUT2D eigenvalue weighted by Gasteiger charge is 2.11. The molecule has 7 heteroatoms. The van der Waals surface area contributed by atoms with Gasteiger partial charge in [0.2, 0.25) is 0 Å². The van der Waals surface area contributed by atoms with Crippen LogP contribution in [0.5, 0.6) is 0 Å². The summed E-state index contributed by atoms with van der Waals surface area (Å²) in [4.78, 5) is 10.4. The molecule has 0 bridgehead atoms. The normalized spacial score (nSPS) is 11.0. The molecule has 1 aromatic rings. The number of para-hydroxylation sites is 1. The second kappa shape index (κ2) is 4.85. The van der Waals surface area contributed by atoms with Crippen LogP contribution < -0.4 is 5.01 Å². The van der Waals surface area contributed by atoms with Crippen LogP contribution in [0.2, 0.25) is 0 Å². The van der Waals surface area contributed by atoms with Crippen LogP contribution >= 0.6 is 0 Å². The lowest BCUT2D eigenvalue weighted by Gasteiger charge is -2.13. The molecule has 0 unspecified atom stereocenters. The minimum atomic E-state index is -4.08. The van der Waals surface area contributed by atoms with Gasteiger partial charge in [-0.05, 0) is 12.1 Å². The van der Waals surface area contributed by atoms with Crippen molar-refractivity contribution in [2.75, 3.05) is 17.3 Å². The summed E-state index contributed by atoms with van der Waals surface area (Å²) >= 11 is 0. The van der Waals surface area contributed by atoms with Crippen molar-refractivity contribution >= 4 is 15.8 Å². The lowest BCUT2D eigenvalue weighted by molar-refractivity contribution is 0.482. The van der Waals surface area contributed by atoms with Gasteiger partial charge >= 0.3 is 0 Å². The highest BCUT2D eigenvalue weighted by Crippen LogP contribution is 2.12. The predicted octanol–water partition coefficient (Wildman–Crippen LogP) is 1.06. The van der Waals surface area contributed by atoms with E-state index in [0.717, 1.165) is 5.01 Å². The van der Waals surface area contributed by atoms with Gasteiger partial charge in [-0.25, -0.2) is 5.01 Å². The van der Waals surface area contributed by atoms with Crippen molar-refractivity contribution < 1.29 is 13.0 Å². The van der Waals surface area contributed by atoms with E-state index in [2.05, 4.69) is 5.29 Å². The average molecular weight is 230 g/mol. The maximum Gasteiger partial charge on any atom is 0.266 e. The van der Waals surface area contributed by atoms with E-state index in [9.17, 15) is 13.3 Å². The zero-order valence-corrected chi connectivity index (χ0v) is 8.59. The molecule has 0 fully saturated rings. The third kappa shape index (κ3) is 4.05. The quantitative estimate of drug-likeness (QED) is 0.464. The molecule has 0 spiro atoms. The molecular formula is C8H10N2O4S. The molecule has 0 aromatic heterocycles. The molecule has 1 aromatic carbocycles. The summed E-state index contributed by atoms with van der Waals surface area (Å²) < 4.78 is 29.4. The van der Waals surface area contributed by atoms with Gasteiger partial charge in [-0.3, -0.25) is 4.55 Å². The molecule has 6 nitrogen and oxygen atoms in total. The Morgan fingerprint density at radius 2 is 1.87 bits per heavy atom. The Hall–Kier alpha value is -1.47. The SMILES string of the molecule is O=NN(CCS(=O)(=O)O)c1ccccc1. The maximum atomic E-state index is 10.5. The smallest absolute Gasteiger partial charge is 0.266 e. The maximum absolute atomic E-state index is 10.5. The van der Waals surface area contributed by atoms with E-state index in [0.29, 0.717) is 5.69 Å². The number of rotatable bonds is 5. The Morgan fingerprint density at radius 1 is 1.27 bits per heavy atom. The minimum Gasteiger partial charge on any atom is -0.285 e. The van der Waals surface area contributed by atoms with Gasteiger partial charge in [-0.15, -0.1) is 4.91 Å². The number of nitroso groups, excluding NO2 is 1. The van der Waals surface area contributed by atoms with Gasteiger partial charge in [0.05, 0.1) is 23.3 Å². The summed E-state index contributed by atoms with van der Waals surface area (Å²) in [5.74, 6) is -0.534. The lowest BCUT2D eigenvalue weighted by Crippen LogP contribution is -2.23. The molecule has 0 heterocycles. The Bertz CT molecular complexity index is 418. The molecule has 15 heavy (non-hydrogen) atoms. The van der Waals surface area contributed by atoms with Crippen LogP contribution in [0.1, 0.15) is 0 Å².